The first-order chi connectivity index (χ1) is 10.2. The third-order valence-electron chi connectivity index (χ3n) is 3.90. The Morgan fingerprint density at radius 3 is 2.71 bits per heavy atom. The Hall–Kier alpha value is -0.930. The van der Waals surface area contributed by atoms with Gasteiger partial charge in [0.25, 0.3) is 0 Å². The minimum atomic E-state index is -0.000985. The Kier molecular flexibility index (Phi) is 9.27. The van der Waals surface area contributed by atoms with Gasteiger partial charge in [-0.1, -0.05) is 39.0 Å². The summed E-state index contributed by atoms with van der Waals surface area (Å²) in [5.41, 5.74) is 1.40. The number of carbonyl (C=O) groups excluding carboxylic acids is 1. The highest BCUT2D eigenvalue weighted by Gasteiger charge is 2.14. The number of hydrogen-bond acceptors (Lipinski definition) is 3. The highest BCUT2D eigenvalue weighted by molar-refractivity contribution is 5.57. The van der Waals surface area contributed by atoms with E-state index in [-0.39, 0.29) is 6.04 Å². The quantitative estimate of drug-likeness (QED) is 0.454. The summed E-state index contributed by atoms with van der Waals surface area (Å²) in [6, 6.07) is 0.418. The highest BCUT2D eigenvalue weighted by Crippen LogP contribution is 2.09. The van der Waals surface area contributed by atoms with E-state index in [4.69, 9.17) is 0 Å². The first kappa shape index (κ1) is 18.1. The molecule has 0 aromatic rings. The first-order valence-corrected chi connectivity index (χ1v) is 8.43. The Balaban J connectivity index is 2.22. The van der Waals surface area contributed by atoms with Gasteiger partial charge in [0.2, 0.25) is 0 Å². The number of carbonyl (C=O) groups is 1. The molecule has 1 rings (SSSR count). The number of aldehydes is 1. The zero-order chi connectivity index (χ0) is 15.5. The zero-order valence-electron chi connectivity index (χ0n) is 13.9. The lowest BCUT2D eigenvalue weighted by molar-refractivity contribution is -0.110. The Labute approximate surface area is 130 Å². The fraction of sp³-hybridized carbons (Fsp3) is 0.722. The highest BCUT2D eigenvalue weighted by atomic mass is 16.1. The molecule has 2 unspecified atom stereocenters. The van der Waals surface area contributed by atoms with Gasteiger partial charge < -0.3 is 15.4 Å². The molecule has 0 amide bonds. The van der Waals surface area contributed by atoms with Gasteiger partial charge >= 0.3 is 0 Å². The van der Waals surface area contributed by atoms with Gasteiger partial charge in [0.1, 0.15) is 6.29 Å². The lowest BCUT2D eigenvalue weighted by Crippen LogP contribution is -2.41. The van der Waals surface area contributed by atoms with Crippen LogP contribution >= 0.6 is 0 Å². The monoisotopic (exact) mass is 292 g/mol. The molecule has 0 saturated carbocycles. The summed E-state index contributed by atoms with van der Waals surface area (Å²) in [6.07, 6.45) is 13.2. The maximum absolute atomic E-state index is 11.1. The molecule has 0 heterocycles. The van der Waals surface area contributed by atoms with E-state index in [1.54, 1.807) is 0 Å². The summed E-state index contributed by atoms with van der Waals surface area (Å²) in [6.45, 7) is 8.44. The van der Waals surface area contributed by atoms with E-state index in [1.165, 1.54) is 18.4 Å². The molecular formula is C18H32N2O. The minimum absolute atomic E-state index is 0.000985. The molecule has 0 aliphatic heterocycles. The van der Waals surface area contributed by atoms with Gasteiger partial charge in [-0.2, -0.15) is 0 Å². The van der Waals surface area contributed by atoms with Crippen LogP contribution in [0.4, 0.5) is 0 Å². The van der Waals surface area contributed by atoms with Crippen LogP contribution in [0.5, 0.6) is 0 Å². The molecule has 0 aromatic carbocycles. The van der Waals surface area contributed by atoms with Gasteiger partial charge in [-0.05, 0) is 50.1 Å². The van der Waals surface area contributed by atoms with Crippen molar-refractivity contribution in [2.75, 3.05) is 13.1 Å². The van der Waals surface area contributed by atoms with E-state index in [1.807, 2.05) is 0 Å². The molecule has 0 bridgehead atoms. The summed E-state index contributed by atoms with van der Waals surface area (Å²) in [7, 11) is 0. The standard InChI is InChI=1S/C18H32N2O/c1-4-17(20-18(14-21)12-15(2)3)10-11-19-13-16-8-6-5-7-9-16/h6,8-9,14-15,17-20H,4-5,7,10-13H2,1-3H3. The van der Waals surface area contributed by atoms with Crippen molar-refractivity contribution in [2.24, 2.45) is 5.92 Å². The molecule has 0 radical (unpaired) electrons. The smallest absolute Gasteiger partial charge is 0.136 e. The van der Waals surface area contributed by atoms with Crippen molar-refractivity contribution in [3.05, 3.63) is 23.8 Å². The fourth-order valence-electron chi connectivity index (χ4n) is 2.69. The SMILES string of the molecule is CCC(CCNCC1=CCCC=C1)NC(C=O)CC(C)C. The van der Waals surface area contributed by atoms with Gasteiger partial charge in [0, 0.05) is 12.6 Å². The van der Waals surface area contributed by atoms with Crippen molar-refractivity contribution in [3.63, 3.8) is 0 Å². The predicted octanol–water partition coefficient (Wildman–Crippen LogP) is 3.22. The minimum Gasteiger partial charge on any atom is -0.313 e. The fourth-order valence-corrected chi connectivity index (χ4v) is 2.69. The third-order valence-corrected chi connectivity index (χ3v) is 3.90. The molecule has 1 aliphatic carbocycles. The summed E-state index contributed by atoms with van der Waals surface area (Å²) < 4.78 is 0. The molecule has 0 spiro atoms. The lowest BCUT2D eigenvalue weighted by atomic mass is 10.0. The second-order valence-corrected chi connectivity index (χ2v) is 6.37. The normalized spacial score (nSPS) is 17.6. The number of allylic oxidation sites excluding steroid dienone is 2. The van der Waals surface area contributed by atoms with Crippen molar-refractivity contribution in [1.82, 2.24) is 10.6 Å². The Bertz CT molecular complexity index is 347. The van der Waals surface area contributed by atoms with Crippen molar-refractivity contribution >= 4 is 6.29 Å². The summed E-state index contributed by atoms with van der Waals surface area (Å²) in [5.74, 6) is 0.549. The maximum Gasteiger partial charge on any atom is 0.136 e. The molecule has 3 heteroatoms. The molecular weight excluding hydrogens is 260 g/mol. The second-order valence-electron chi connectivity index (χ2n) is 6.37. The van der Waals surface area contributed by atoms with Crippen LogP contribution in [-0.2, 0) is 4.79 Å². The molecule has 21 heavy (non-hydrogen) atoms. The van der Waals surface area contributed by atoms with Crippen LogP contribution < -0.4 is 10.6 Å². The molecule has 0 fully saturated rings. The second kappa shape index (κ2) is 10.7. The third kappa shape index (κ3) is 8.18. The number of hydrogen-bond donors (Lipinski definition) is 2. The maximum atomic E-state index is 11.1. The van der Waals surface area contributed by atoms with Crippen molar-refractivity contribution in [2.45, 2.75) is 65.0 Å². The average molecular weight is 292 g/mol. The number of rotatable bonds is 11. The number of nitrogens with one attached hydrogen (secondary N) is 2. The van der Waals surface area contributed by atoms with Gasteiger partial charge in [-0.25, -0.2) is 0 Å². The van der Waals surface area contributed by atoms with Crippen LogP contribution in [0.2, 0.25) is 0 Å². The molecule has 1 aliphatic rings. The average Bonchev–Trinajstić information content (AvgIpc) is 2.49. The van der Waals surface area contributed by atoms with Crippen molar-refractivity contribution in [1.29, 1.82) is 0 Å². The van der Waals surface area contributed by atoms with E-state index >= 15 is 0 Å². The zero-order valence-corrected chi connectivity index (χ0v) is 13.9. The van der Waals surface area contributed by atoms with E-state index in [0.29, 0.717) is 12.0 Å². The molecule has 0 aromatic heterocycles. The van der Waals surface area contributed by atoms with Crippen LogP contribution in [-0.4, -0.2) is 31.5 Å². The predicted molar refractivity (Wildman–Crippen MR) is 90.5 cm³/mol. The van der Waals surface area contributed by atoms with Crippen LogP contribution in [0.25, 0.3) is 0 Å². The van der Waals surface area contributed by atoms with E-state index in [0.717, 1.165) is 38.6 Å². The van der Waals surface area contributed by atoms with Gasteiger partial charge in [-0.15, -0.1) is 0 Å². The summed E-state index contributed by atoms with van der Waals surface area (Å²) >= 11 is 0. The molecule has 120 valence electrons. The lowest BCUT2D eigenvalue weighted by Gasteiger charge is -2.23. The van der Waals surface area contributed by atoms with E-state index in [2.05, 4.69) is 49.6 Å². The van der Waals surface area contributed by atoms with E-state index in [9.17, 15) is 4.79 Å². The van der Waals surface area contributed by atoms with Crippen LogP contribution in [0.15, 0.2) is 23.8 Å². The molecule has 2 N–H and O–H groups in total. The largest absolute Gasteiger partial charge is 0.313 e. The van der Waals surface area contributed by atoms with Crippen LogP contribution in [0.1, 0.15) is 52.9 Å². The molecule has 3 nitrogen and oxygen atoms in total. The van der Waals surface area contributed by atoms with E-state index < -0.39 is 0 Å². The topological polar surface area (TPSA) is 41.1 Å². The van der Waals surface area contributed by atoms with Gasteiger partial charge in [0.15, 0.2) is 0 Å². The van der Waals surface area contributed by atoms with Crippen LogP contribution in [0, 0.1) is 5.92 Å². The Morgan fingerprint density at radius 1 is 1.33 bits per heavy atom. The summed E-state index contributed by atoms with van der Waals surface area (Å²) in [5, 5.41) is 6.99. The Morgan fingerprint density at radius 2 is 2.14 bits per heavy atom. The van der Waals surface area contributed by atoms with Gasteiger partial charge in [-0.3, -0.25) is 0 Å². The van der Waals surface area contributed by atoms with Crippen molar-refractivity contribution < 1.29 is 4.79 Å². The van der Waals surface area contributed by atoms with Gasteiger partial charge in [0.05, 0.1) is 6.04 Å². The van der Waals surface area contributed by atoms with Crippen molar-refractivity contribution in [3.8, 4) is 0 Å². The summed E-state index contributed by atoms with van der Waals surface area (Å²) in [4.78, 5) is 11.1. The molecule has 0 saturated heterocycles. The van der Waals surface area contributed by atoms with Crippen LogP contribution in [0.3, 0.4) is 0 Å². The molecule has 2 atom stereocenters. The first-order valence-electron chi connectivity index (χ1n) is 8.43.